The third kappa shape index (κ3) is 4.58. The molecule has 0 unspecified atom stereocenters. The Morgan fingerprint density at radius 3 is 2.12 bits per heavy atom. The fraction of sp³-hybridized carbons (Fsp3) is 0.682. The first-order chi connectivity index (χ1) is 12.3. The molecule has 0 bridgehead atoms. The molecule has 0 radical (unpaired) electrons. The maximum absolute atomic E-state index is 6.56. The lowest BCUT2D eigenvalue weighted by Crippen LogP contribution is -2.65. The Bertz CT molecular complexity index is 590. The van der Waals surface area contributed by atoms with Gasteiger partial charge in [0.25, 0.3) is 0 Å². The van der Waals surface area contributed by atoms with E-state index in [4.69, 9.17) is 17.0 Å². The van der Waals surface area contributed by atoms with Crippen LogP contribution in [0.2, 0.25) is 0 Å². The number of anilines is 1. The summed E-state index contributed by atoms with van der Waals surface area (Å²) in [6.07, 6.45) is 9.29. The third-order valence-electron chi connectivity index (χ3n) is 5.83. The lowest BCUT2D eigenvalue weighted by atomic mass is 9.78. The molecule has 2 fully saturated rings. The van der Waals surface area contributed by atoms with Crippen molar-refractivity contribution in [1.82, 2.24) is 4.90 Å². The van der Waals surface area contributed by atoms with Crippen LogP contribution in [0, 0.1) is 0 Å². The third-order valence-corrected chi connectivity index (χ3v) is 6.11. The zero-order valence-corrected chi connectivity index (χ0v) is 17.6. The zero-order chi connectivity index (χ0) is 18.8. The Kier molecular flexibility index (Phi) is 5.93. The second-order valence-electron chi connectivity index (χ2n) is 9.18. The van der Waals surface area contributed by atoms with Crippen molar-refractivity contribution < 1.29 is 4.74 Å². The van der Waals surface area contributed by atoms with Gasteiger partial charge in [0.1, 0.15) is 0 Å². The Morgan fingerprint density at radius 1 is 0.962 bits per heavy atom. The van der Waals surface area contributed by atoms with Crippen LogP contribution in [-0.2, 0) is 4.74 Å². The molecule has 0 aromatic heterocycles. The van der Waals surface area contributed by atoms with Crippen LogP contribution in [0.3, 0.4) is 0 Å². The molecule has 1 heterocycles. The van der Waals surface area contributed by atoms with Gasteiger partial charge in [0.15, 0.2) is 5.11 Å². The van der Waals surface area contributed by atoms with E-state index in [1.165, 1.54) is 32.1 Å². The number of nitrogens with zero attached hydrogens (tertiary/aromatic N) is 1. The number of benzene rings is 1. The summed E-state index contributed by atoms with van der Waals surface area (Å²) in [5.74, 6) is 0. The molecule has 1 N–H and O–H groups in total. The molecule has 0 amide bonds. The van der Waals surface area contributed by atoms with Gasteiger partial charge < -0.3 is 15.0 Å². The molecular weight excluding hydrogens is 340 g/mol. The van der Waals surface area contributed by atoms with E-state index < -0.39 is 0 Å². The van der Waals surface area contributed by atoms with Crippen molar-refractivity contribution in [2.24, 2.45) is 0 Å². The van der Waals surface area contributed by atoms with E-state index in [1.807, 2.05) is 18.2 Å². The van der Waals surface area contributed by atoms with Crippen LogP contribution >= 0.6 is 12.2 Å². The molecular formula is C22H34N2OS. The summed E-state index contributed by atoms with van der Waals surface area (Å²) in [7, 11) is 0. The Morgan fingerprint density at radius 2 is 1.54 bits per heavy atom. The first-order valence-electron chi connectivity index (χ1n) is 10.1. The number of hydrogen-bond acceptors (Lipinski definition) is 2. The van der Waals surface area contributed by atoms with Crippen LogP contribution < -0.4 is 5.32 Å². The summed E-state index contributed by atoms with van der Waals surface area (Å²) >= 11 is 5.83. The topological polar surface area (TPSA) is 24.5 Å². The molecule has 1 saturated carbocycles. The summed E-state index contributed by atoms with van der Waals surface area (Å²) in [6.45, 7) is 9.18. The van der Waals surface area contributed by atoms with Gasteiger partial charge in [-0.25, -0.2) is 0 Å². The number of rotatable bonds is 3. The average Bonchev–Trinajstić information content (AvgIpc) is 2.54. The van der Waals surface area contributed by atoms with Crippen molar-refractivity contribution in [1.29, 1.82) is 0 Å². The molecule has 26 heavy (non-hydrogen) atoms. The first-order valence-corrected chi connectivity index (χ1v) is 10.5. The van der Waals surface area contributed by atoms with E-state index >= 15 is 0 Å². The van der Waals surface area contributed by atoms with Crippen LogP contribution in [0.5, 0.6) is 0 Å². The van der Waals surface area contributed by atoms with E-state index in [9.17, 15) is 0 Å². The van der Waals surface area contributed by atoms with Gasteiger partial charge in [-0.15, -0.1) is 0 Å². The van der Waals surface area contributed by atoms with Crippen molar-refractivity contribution >= 4 is 23.0 Å². The number of hydrogen-bond donors (Lipinski definition) is 1. The van der Waals surface area contributed by atoms with Crippen molar-refractivity contribution in [2.45, 2.75) is 95.9 Å². The SMILES string of the molecule is CC1(C)CC(OC2CCCCC2)CC(C)(C)N1C(=S)Nc1ccccc1. The summed E-state index contributed by atoms with van der Waals surface area (Å²) in [6, 6.07) is 10.2. The summed E-state index contributed by atoms with van der Waals surface area (Å²) < 4.78 is 6.56. The minimum Gasteiger partial charge on any atom is -0.375 e. The van der Waals surface area contributed by atoms with E-state index in [-0.39, 0.29) is 11.1 Å². The van der Waals surface area contributed by atoms with Crippen molar-refractivity contribution in [3.63, 3.8) is 0 Å². The Balaban J connectivity index is 1.70. The molecule has 144 valence electrons. The highest BCUT2D eigenvalue weighted by molar-refractivity contribution is 7.80. The smallest absolute Gasteiger partial charge is 0.174 e. The second-order valence-corrected chi connectivity index (χ2v) is 9.57. The van der Waals surface area contributed by atoms with Gasteiger partial charge in [-0.1, -0.05) is 37.5 Å². The zero-order valence-electron chi connectivity index (χ0n) is 16.8. The van der Waals surface area contributed by atoms with Crippen molar-refractivity contribution in [2.75, 3.05) is 5.32 Å². The normalized spacial score (nSPS) is 23.6. The molecule has 1 aliphatic carbocycles. The molecule has 1 aromatic rings. The minimum absolute atomic E-state index is 0.0417. The summed E-state index contributed by atoms with van der Waals surface area (Å²) in [5.41, 5.74) is 0.963. The molecule has 3 rings (SSSR count). The van der Waals surface area contributed by atoms with Crippen LogP contribution in [0.15, 0.2) is 30.3 Å². The van der Waals surface area contributed by atoms with Crippen LogP contribution in [0.1, 0.15) is 72.6 Å². The number of nitrogens with one attached hydrogen (secondary N) is 1. The minimum atomic E-state index is -0.0417. The van der Waals surface area contributed by atoms with Crippen LogP contribution in [-0.4, -0.2) is 33.3 Å². The number of para-hydroxylation sites is 1. The van der Waals surface area contributed by atoms with Crippen LogP contribution in [0.4, 0.5) is 5.69 Å². The predicted molar refractivity (Wildman–Crippen MR) is 114 cm³/mol. The van der Waals surface area contributed by atoms with Crippen molar-refractivity contribution in [3.8, 4) is 0 Å². The standard InChI is InChI=1S/C22H34N2OS/c1-21(2)15-19(25-18-13-9-6-10-14-18)16-22(3,4)24(21)20(26)23-17-11-7-5-8-12-17/h5,7-8,11-12,18-19H,6,9-10,13-16H2,1-4H3,(H,23,26). The highest BCUT2D eigenvalue weighted by atomic mass is 32.1. The largest absolute Gasteiger partial charge is 0.375 e. The monoisotopic (exact) mass is 374 g/mol. The number of thiocarbonyl (C=S) groups is 1. The molecule has 0 spiro atoms. The molecule has 3 nitrogen and oxygen atoms in total. The maximum atomic E-state index is 6.56. The average molecular weight is 375 g/mol. The number of likely N-dealkylation sites (tertiary alicyclic amines) is 1. The molecule has 1 aromatic carbocycles. The lowest BCUT2D eigenvalue weighted by Gasteiger charge is -2.56. The molecule has 1 aliphatic heterocycles. The molecule has 2 aliphatic rings. The van der Waals surface area contributed by atoms with Crippen molar-refractivity contribution in [3.05, 3.63) is 30.3 Å². The molecule has 4 heteroatoms. The van der Waals surface area contributed by atoms with Crippen LogP contribution in [0.25, 0.3) is 0 Å². The van der Waals surface area contributed by atoms with E-state index in [0.29, 0.717) is 12.2 Å². The van der Waals surface area contributed by atoms with E-state index in [1.54, 1.807) is 0 Å². The highest BCUT2D eigenvalue weighted by Gasteiger charge is 2.47. The fourth-order valence-corrected chi connectivity index (χ4v) is 5.62. The molecule has 1 saturated heterocycles. The Hall–Kier alpha value is -1.13. The van der Waals surface area contributed by atoms with Gasteiger partial charge in [-0.2, -0.15) is 0 Å². The first kappa shape index (κ1) is 19.6. The quantitative estimate of drug-likeness (QED) is 0.680. The van der Waals surface area contributed by atoms with Gasteiger partial charge in [0.05, 0.1) is 12.2 Å². The van der Waals surface area contributed by atoms with Gasteiger partial charge in [0.2, 0.25) is 0 Å². The van der Waals surface area contributed by atoms with Gasteiger partial charge in [0, 0.05) is 16.8 Å². The fourth-order valence-electron chi connectivity index (χ4n) is 5.01. The number of piperidine rings is 1. The second kappa shape index (κ2) is 7.85. The van der Waals surface area contributed by atoms with E-state index in [0.717, 1.165) is 23.6 Å². The van der Waals surface area contributed by atoms with Gasteiger partial charge >= 0.3 is 0 Å². The predicted octanol–water partition coefficient (Wildman–Crippen LogP) is 5.75. The maximum Gasteiger partial charge on any atom is 0.174 e. The van der Waals surface area contributed by atoms with Gasteiger partial charge in [-0.05, 0) is 77.7 Å². The number of ether oxygens (including phenoxy) is 1. The summed E-state index contributed by atoms with van der Waals surface area (Å²) in [5, 5.41) is 4.24. The summed E-state index contributed by atoms with van der Waals surface area (Å²) in [4.78, 5) is 2.39. The lowest BCUT2D eigenvalue weighted by molar-refractivity contribution is -0.105. The van der Waals surface area contributed by atoms with Gasteiger partial charge in [-0.3, -0.25) is 0 Å². The highest BCUT2D eigenvalue weighted by Crippen LogP contribution is 2.41. The van der Waals surface area contributed by atoms with E-state index in [2.05, 4.69) is 50.0 Å². The Labute approximate surface area is 164 Å². The molecule has 0 atom stereocenters.